The molecule has 0 aromatic carbocycles. The van der Waals surface area contributed by atoms with Gasteiger partial charge in [-0.25, -0.2) is 9.78 Å². The van der Waals surface area contributed by atoms with Crippen molar-refractivity contribution in [1.82, 2.24) is 15.0 Å². The van der Waals surface area contributed by atoms with Gasteiger partial charge in [0.15, 0.2) is 0 Å². The lowest BCUT2D eigenvalue weighted by atomic mass is 10.3. The molecule has 0 saturated carbocycles. The van der Waals surface area contributed by atoms with Gasteiger partial charge in [-0.15, -0.1) is 3.89 Å². The first-order valence-electron chi connectivity index (χ1n) is 3.95. The summed E-state index contributed by atoms with van der Waals surface area (Å²) in [5.74, 6) is 0. The molecule has 0 aliphatic rings. The Morgan fingerprint density at radius 3 is 2.56 bits per heavy atom. The van der Waals surface area contributed by atoms with Crippen molar-refractivity contribution < 1.29 is 12.3 Å². The van der Waals surface area contributed by atoms with E-state index in [-0.39, 0.29) is 11.0 Å². The molecule has 0 amide bonds. The second-order valence-corrected chi connectivity index (χ2v) is 4.26. The Morgan fingerprint density at radius 2 is 1.94 bits per heavy atom. The standard InChI is InChI=1S/C7H4FN3O4S/c8-16(14,15)3-1-4-5(9-2-3)10-7(13)11-6(4)12/h1-2H,(H2,9,10,11,12,13). The summed E-state index contributed by atoms with van der Waals surface area (Å²) in [6.07, 6.45) is 0.715. The summed E-state index contributed by atoms with van der Waals surface area (Å²) in [5.41, 5.74) is -1.72. The first kappa shape index (κ1) is 10.5. The van der Waals surface area contributed by atoms with E-state index < -0.39 is 26.4 Å². The highest BCUT2D eigenvalue weighted by atomic mass is 32.3. The van der Waals surface area contributed by atoms with Gasteiger partial charge in [-0.1, -0.05) is 0 Å². The number of aromatic amines is 2. The van der Waals surface area contributed by atoms with Crippen LogP contribution in [0.5, 0.6) is 0 Å². The molecular formula is C7H4FN3O4S. The van der Waals surface area contributed by atoms with Gasteiger partial charge in [0, 0.05) is 0 Å². The normalized spacial score (nSPS) is 11.8. The lowest BCUT2D eigenvalue weighted by Crippen LogP contribution is -2.22. The fourth-order valence-corrected chi connectivity index (χ4v) is 1.60. The molecule has 2 heterocycles. The minimum Gasteiger partial charge on any atom is -0.291 e. The molecule has 9 heteroatoms. The minimum atomic E-state index is -4.93. The molecule has 0 atom stereocenters. The Labute approximate surface area is 87.2 Å². The van der Waals surface area contributed by atoms with Crippen molar-refractivity contribution in [2.24, 2.45) is 0 Å². The van der Waals surface area contributed by atoms with E-state index >= 15 is 0 Å². The number of fused-ring (bicyclic) bond motifs is 1. The maximum atomic E-state index is 12.6. The van der Waals surface area contributed by atoms with Crippen molar-refractivity contribution in [2.45, 2.75) is 4.90 Å². The van der Waals surface area contributed by atoms with Crippen LogP contribution < -0.4 is 11.2 Å². The van der Waals surface area contributed by atoms with Crippen molar-refractivity contribution in [3.05, 3.63) is 33.1 Å². The number of hydrogen-bond acceptors (Lipinski definition) is 5. The first-order chi connectivity index (χ1) is 7.38. The number of nitrogens with one attached hydrogen (secondary N) is 2. The smallest absolute Gasteiger partial charge is 0.291 e. The highest BCUT2D eigenvalue weighted by Gasteiger charge is 2.14. The molecule has 2 rings (SSSR count). The highest BCUT2D eigenvalue weighted by molar-refractivity contribution is 7.86. The fraction of sp³-hybridized carbons (Fsp3) is 0. The second-order valence-electron chi connectivity index (χ2n) is 2.91. The van der Waals surface area contributed by atoms with Gasteiger partial charge in [0.05, 0.1) is 11.6 Å². The lowest BCUT2D eigenvalue weighted by molar-refractivity contribution is 0.552. The third kappa shape index (κ3) is 1.72. The number of hydrogen-bond donors (Lipinski definition) is 2. The summed E-state index contributed by atoms with van der Waals surface area (Å²) in [4.78, 5) is 28.9. The Balaban J connectivity index is 2.93. The van der Waals surface area contributed by atoms with Gasteiger partial charge in [-0.05, 0) is 6.07 Å². The van der Waals surface area contributed by atoms with Crippen LogP contribution in [-0.2, 0) is 10.2 Å². The van der Waals surface area contributed by atoms with Gasteiger partial charge in [-0.2, -0.15) is 8.42 Å². The molecule has 0 aliphatic heterocycles. The van der Waals surface area contributed by atoms with E-state index in [1.165, 1.54) is 0 Å². The molecular weight excluding hydrogens is 241 g/mol. The van der Waals surface area contributed by atoms with Gasteiger partial charge < -0.3 is 0 Å². The van der Waals surface area contributed by atoms with Gasteiger partial charge in [0.1, 0.15) is 10.5 Å². The molecule has 0 aliphatic carbocycles. The van der Waals surface area contributed by atoms with Crippen LogP contribution in [0.2, 0.25) is 0 Å². The zero-order valence-corrected chi connectivity index (χ0v) is 8.34. The number of rotatable bonds is 1. The van der Waals surface area contributed by atoms with Crippen LogP contribution in [0, 0.1) is 0 Å². The minimum absolute atomic E-state index is 0.110. The van der Waals surface area contributed by atoms with Crippen molar-refractivity contribution in [3.8, 4) is 0 Å². The molecule has 7 nitrogen and oxygen atoms in total. The summed E-state index contributed by atoms with van der Waals surface area (Å²) in [6.45, 7) is 0. The van der Waals surface area contributed by atoms with Crippen LogP contribution in [0.15, 0.2) is 26.7 Å². The summed E-state index contributed by atoms with van der Waals surface area (Å²) in [5, 5.41) is -0.210. The highest BCUT2D eigenvalue weighted by Crippen LogP contribution is 2.13. The summed E-state index contributed by atoms with van der Waals surface area (Å²) in [6, 6.07) is 0.798. The Bertz CT molecular complexity index is 776. The number of H-pyrrole nitrogens is 2. The predicted octanol–water partition coefficient (Wildman–Crippen LogP) is -0.730. The summed E-state index contributed by atoms with van der Waals surface area (Å²) < 4.78 is 33.7. The van der Waals surface area contributed by atoms with E-state index in [0.717, 1.165) is 6.07 Å². The lowest BCUT2D eigenvalue weighted by Gasteiger charge is -1.97. The fourth-order valence-electron chi connectivity index (χ4n) is 1.16. The molecule has 16 heavy (non-hydrogen) atoms. The third-order valence-corrected chi connectivity index (χ3v) is 2.63. The second kappa shape index (κ2) is 3.23. The van der Waals surface area contributed by atoms with Crippen LogP contribution >= 0.6 is 0 Å². The monoisotopic (exact) mass is 245 g/mol. The zero-order valence-electron chi connectivity index (χ0n) is 7.52. The zero-order chi connectivity index (χ0) is 11.9. The third-order valence-electron chi connectivity index (χ3n) is 1.85. The van der Waals surface area contributed by atoms with Crippen LogP contribution in [0.4, 0.5) is 3.89 Å². The average molecular weight is 245 g/mol. The van der Waals surface area contributed by atoms with E-state index in [1.807, 2.05) is 4.98 Å². The van der Waals surface area contributed by atoms with Crippen molar-refractivity contribution in [2.75, 3.05) is 0 Å². The van der Waals surface area contributed by atoms with Gasteiger partial charge >= 0.3 is 15.9 Å². The number of pyridine rings is 1. The maximum Gasteiger partial charge on any atom is 0.333 e. The SMILES string of the molecule is O=c1[nH]c(=O)c2cc(S(=O)(=O)F)cnc2[nH]1. The summed E-state index contributed by atoms with van der Waals surface area (Å²) >= 11 is 0. The summed E-state index contributed by atoms with van der Waals surface area (Å²) in [7, 11) is -4.93. The molecule has 0 radical (unpaired) electrons. The van der Waals surface area contributed by atoms with E-state index in [2.05, 4.69) is 9.97 Å². The molecule has 0 spiro atoms. The molecule has 0 saturated heterocycles. The molecule has 2 aromatic rings. The van der Waals surface area contributed by atoms with E-state index in [4.69, 9.17) is 0 Å². The van der Waals surface area contributed by atoms with E-state index in [9.17, 15) is 21.9 Å². The quantitative estimate of drug-likeness (QED) is 0.643. The average Bonchev–Trinajstić information content (AvgIpc) is 2.15. The van der Waals surface area contributed by atoms with E-state index in [1.54, 1.807) is 0 Å². The molecule has 84 valence electrons. The number of nitrogens with zero attached hydrogens (tertiary/aromatic N) is 1. The van der Waals surface area contributed by atoms with Gasteiger partial charge in [-0.3, -0.25) is 14.8 Å². The topological polar surface area (TPSA) is 113 Å². The predicted molar refractivity (Wildman–Crippen MR) is 51.3 cm³/mol. The molecule has 2 aromatic heterocycles. The Morgan fingerprint density at radius 1 is 1.25 bits per heavy atom. The molecule has 0 bridgehead atoms. The largest absolute Gasteiger partial charge is 0.333 e. The van der Waals surface area contributed by atoms with E-state index in [0.29, 0.717) is 6.20 Å². The van der Waals surface area contributed by atoms with Crippen LogP contribution in [0.1, 0.15) is 0 Å². The maximum absolute atomic E-state index is 12.6. The van der Waals surface area contributed by atoms with Crippen molar-refractivity contribution >= 4 is 21.3 Å². The Hall–Kier alpha value is -2.03. The van der Waals surface area contributed by atoms with Crippen LogP contribution in [0.3, 0.4) is 0 Å². The number of halogens is 1. The molecule has 2 N–H and O–H groups in total. The van der Waals surface area contributed by atoms with Crippen molar-refractivity contribution in [1.29, 1.82) is 0 Å². The molecule has 0 fully saturated rings. The number of aromatic nitrogens is 3. The van der Waals surface area contributed by atoms with Crippen LogP contribution in [0.25, 0.3) is 11.0 Å². The Kier molecular flexibility index (Phi) is 2.12. The van der Waals surface area contributed by atoms with Gasteiger partial charge in [0.2, 0.25) is 0 Å². The van der Waals surface area contributed by atoms with Gasteiger partial charge in [0.25, 0.3) is 5.56 Å². The first-order valence-corrected chi connectivity index (χ1v) is 5.33. The molecule has 0 unspecified atom stereocenters. The van der Waals surface area contributed by atoms with Crippen molar-refractivity contribution in [3.63, 3.8) is 0 Å². The van der Waals surface area contributed by atoms with Crippen LogP contribution in [-0.4, -0.2) is 23.4 Å².